The van der Waals surface area contributed by atoms with Gasteiger partial charge >= 0.3 is 5.97 Å². The van der Waals surface area contributed by atoms with E-state index in [2.05, 4.69) is 18.0 Å². The van der Waals surface area contributed by atoms with Crippen LogP contribution in [0.3, 0.4) is 0 Å². The summed E-state index contributed by atoms with van der Waals surface area (Å²) in [6.45, 7) is 4.92. The van der Waals surface area contributed by atoms with Gasteiger partial charge in [-0.15, -0.1) is 0 Å². The molecule has 0 unspecified atom stereocenters. The molecule has 7 atom stereocenters. The summed E-state index contributed by atoms with van der Waals surface area (Å²) < 4.78 is 11.3. The molecule has 1 aromatic rings. The average molecular weight is 415 g/mol. The fourth-order valence-electron chi connectivity index (χ4n) is 7.25. The fraction of sp³-hybridized carbons (Fsp3) is 0.652. The zero-order chi connectivity index (χ0) is 21.4. The lowest BCUT2D eigenvalue weighted by molar-refractivity contribution is -0.172. The quantitative estimate of drug-likeness (QED) is 0.708. The van der Waals surface area contributed by atoms with Crippen LogP contribution in [0.1, 0.15) is 32.3 Å². The molecule has 1 aliphatic carbocycles. The van der Waals surface area contributed by atoms with Gasteiger partial charge in [-0.05, 0) is 50.9 Å². The predicted molar refractivity (Wildman–Crippen MR) is 110 cm³/mol. The van der Waals surface area contributed by atoms with E-state index < -0.39 is 0 Å². The number of phenols is 1. The van der Waals surface area contributed by atoms with Gasteiger partial charge in [-0.25, -0.2) is 0 Å². The van der Waals surface area contributed by atoms with Crippen molar-refractivity contribution in [1.29, 1.82) is 0 Å². The number of para-hydroxylation sites is 1. The van der Waals surface area contributed by atoms with Gasteiger partial charge in [0, 0.05) is 24.3 Å². The minimum Gasteiger partial charge on any atom is -0.506 e. The van der Waals surface area contributed by atoms with Crippen molar-refractivity contribution in [2.75, 3.05) is 32.2 Å². The number of amides is 1. The maximum atomic E-state index is 13.0. The largest absolute Gasteiger partial charge is 0.506 e. The van der Waals surface area contributed by atoms with Gasteiger partial charge in [0.1, 0.15) is 5.75 Å². The summed E-state index contributed by atoms with van der Waals surface area (Å²) in [5.41, 5.74) is 1.44. The number of nitrogens with zero attached hydrogens (tertiary/aromatic N) is 2. The number of ether oxygens (including phenoxy) is 2. The second kappa shape index (κ2) is 6.69. The van der Waals surface area contributed by atoms with Gasteiger partial charge in [0.05, 0.1) is 37.5 Å². The molecule has 1 aromatic carbocycles. The molecule has 7 nitrogen and oxygen atoms in total. The van der Waals surface area contributed by atoms with Crippen molar-refractivity contribution in [2.24, 2.45) is 17.8 Å². The number of hydrogen-bond acceptors (Lipinski definition) is 6. The second-order valence-corrected chi connectivity index (χ2v) is 9.44. The Hall–Kier alpha value is -2.12. The Kier molecular flexibility index (Phi) is 4.42. The first-order valence-electron chi connectivity index (χ1n) is 10.8. The van der Waals surface area contributed by atoms with Crippen molar-refractivity contribution in [3.05, 3.63) is 23.8 Å². The number of phenolic OH excluding ortho intramolecular Hbond substituents is 1. The highest BCUT2D eigenvalue weighted by atomic mass is 16.5. The summed E-state index contributed by atoms with van der Waals surface area (Å²) >= 11 is 0. The Bertz CT molecular complexity index is 904. The minimum absolute atomic E-state index is 0.00347. The smallest absolute Gasteiger partial charge is 0.311 e. The van der Waals surface area contributed by atoms with E-state index in [9.17, 15) is 14.7 Å². The Morgan fingerprint density at radius 3 is 2.77 bits per heavy atom. The molecule has 30 heavy (non-hydrogen) atoms. The van der Waals surface area contributed by atoms with Gasteiger partial charge in [0.2, 0.25) is 5.91 Å². The van der Waals surface area contributed by atoms with Crippen molar-refractivity contribution < 1.29 is 24.2 Å². The molecule has 1 amide bonds. The molecule has 0 radical (unpaired) electrons. The van der Waals surface area contributed by atoms with Crippen LogP contribution in [0, 0.1) is 17.8 Å². The number of esters is 1. The summed E-state index contributed by atoms with van der Waals surface area (Å²) in [5.74, 6) is -0.468. The topological polar surface area (TPSA) is 79.3 Å². The van der Waals surface area contributed by atoms with Gasteiger partial charge in [0.15, 0.2) is 0 Å². The normalized spacial score (nSPS) is 39.7. The lowest BCUT2D eigenvalue weighted by atomic mass is 9.55. The van der Waals surface area contributed by atoms with Crippen LogP contribution in [0.5, 0.6) is 5.75 Å². The number of methoxy groups -OCH3 is 1. The highest BCUT2D eigenvalue weighted by Gasteiger charge is 2.68. The Morgan fingerprint density at radius 1 is 1.30 bits per heavy atom. The van der Waals surface area contributed by atoms with E-state index in [1.807, 2.05) is 13.0 Å². The molecule has 3 heterocycles. The molecule has 2 saturated heterocycles. The Labute approximate surface area is 176 Å². The van der Waals surface area contributed by atoms with Crippen LogP contribution >= 0.6 is 0 Å². The number of aromatic hydroxyl groups is 1. The molecular weight excluding hydrogens is 384 g/mol. The van der Waals surface area contributed by atoms with E-state index >= 15 is 0 Å². The first kappa shape index (κ1) is 19.8. The lowest BCUT2D eigenvalue weighted by Crippen LogP contribution is -2.66. The van der Waals surface area contributed by atoms with E-state index in [1.165, 1.54) is 7.11 Å². The molecule has 1 N–H and O–H groups in total. The van der Waals surface area contributed by atoms with Crippen molar-refractivity contribution >= 4 is 17.6 Å². The van der Waals surface area contributed by atoms with Gasteiger partial charge in [-0.3, -0.25) is 9.59 Å². The van der Waals surface area contributed by atoms with Crippen LogP contribution in [0.4, 0.5) is 5.69 Å². The number of anilines is 1. The van der Waals surface area contributed by atoms with Crippen LogP contribution in [0.2, 0.25) is 0 Å². The number of hydrogen-bond donors (Lipinski definition) is 1. The summed E-state index contributed by atoms with van der Waals surface area (Å²) in [5, 5.41) is 10.8. The number of carbonyl (C=O) groups is 2. The highest BCUT2D eigenvalue weighted by Crippen LogP contribution is 2.63. The SMILES string of the molecule is COC(=O)[C@@H]1[C@H]2C[C@H]3N(C)CC[C@@]34c3cccc(O)c3N(C(C)=O)[C@H]4[C@@H]2CO[C@H]1C. The zero-order valence-corrected chi connectivity index (χ0v) is 18.0. The van der Waals surface area contributed by atoms with Crippen LogP contribution in [0.15, 0.2) is 18.2 Å². The molecule has 0 aromatic heterocycles. The summed E-state index contributed by atoms with van der Waals surface area (Å²) in [7, 11) is 3.56. The predicted octanol–water partition coefficient (Wildman–Crippen LogP) is 1.91. The van der Waals surface area contributed by atoms with Gasteiger partial charge in [-0.1, -0.05) is 12.1 Å². The monoisotopic (exact) mass is 414 g/mol. The molecule has 3 fully saturated rings. The molecule has 3 aliphatic heterocycles. The number of likely N-dealkylation sites (tertiary alicyclic amines) is 1. The van der Waals surface area contributed by atoms with E-state index in [1.54, 1.807) is 17.9 Å². The highest BCUT2D eigenvalue weighted by molar-refractivity contribution is 5.98. The van der Waals surface area contributed by atoms with Crippen LogP contribution in [-0.4, -0.2) is 67.4 Å². The van der Waals surface area contributed by atoms with Crippen molar-refractivity contribution in [3.63, 3.8) is 0 Å². The molecule has 5 rings (SSSR count). The third kappa shape index (κ3) is 2.33. The number of benzene rings is 1. The summed E-state index contributed by atoms with van der Waals surface area (Å²) in [6.07, 6.45) is 1.55. The zero-order valence-electron chi connectivity index (χ0n) is 18.0. The van der Waals surface area contributed by atoms with Crippen LogP contribution in [-0.2, 0) is 24.5 Å². The van der Waals surface area contributed by atoms with Gasteiger partial charge in [-0.2, -0.15) is 0 Å². The Morgan fingerprint density at radius 2 is 2.07 bits per heavy atom. The molecule has 7 heteroatoms. The minimum atomic E-state index is -0.355. The molecule has 1 spiro atoms. The molecule has 0 bridgehead atoms. The molecule has 1 saturated carbocycles. The fourth-order valence-corrected chi connectivity index (χ4v) is 7.25. The number of likely N-dealkylation sites (N-methyl/N-ethyl adjacent to an activating group) is 1. The van der Waals surface area contributed by atoms with Crippen molar-refractivity contribution in [3.8, 4) is 5.75 Å². The van der Waals surface area contributed by atoms with Crippen LogP contribution < -0.4 is 4.90 Å². The summed E-state index contributed by atoms with van der Waals surface area (Å²) in [6, 6.07) is 5.64. The standard InChI is InChI=1S/C23H30N2O5/c1-12-19(22(28)29-4)14-10-18-23(8-9-24(18)3)16-6-5-7-17(27)20(16)25(13(2)26)21(23)15(14)11-30-12/h5-7,12,14-15,18-19,21,27H,8-11H2,1-4H3/t12-,14-,15+,18+,19-,21-,23+/m0/s1. The molecular formula is C23H30N2O5. The molecule has 162 valence electrons. The number of fused-ring (bicyclic) bond motifs is 3. The maximum absolute atomic E-state index is 13.0. The van der Waals surface area contributed by atoms with Gasteiger partial charge < -0.3 is 24.4 Å². The first-order valence-corrected chi connectivity index (χ1v) is 10.8. The van der Waals surface area contributed by atoms with Crippen LogP contribution in [0.25, 0.3) is 0 Å². The average Bonchev–Trinajstić information content (AvgIpc) is 3.21. The summed E-state index contributed by atoms with van der Waals surface area (Å²) in [4.78, 5) is 29.9. The first-order chi connectivity index (χ1) is 14.3. The van der Waals surface area contributed by atoms with E-state index in [0.717, 1.165) is 24.9 Å². The second-order valence-electron chi connectivity index (χ2n) is 9.44. The number of carbonyl (C=O) groups excluding carboxylic acids is 2. The van der Waals surface area contributed by atoms with E-state index in [-0.39, 0.29) is 59.0 Å². The van der Waals surface area contributed by atoms with E-state index in [0.29, 0.717) is 12.3 Å². The van der Waals surface area contributed by atoms with Gasteiger partial charge in [0.25, 0.3) is 0 Å². The maximum Gasteiger partial charge on any atom is 0.311 e. The number of rotatable bonds is 1. The van der Waals surface area contributed by atoms with E-state index in [4.69, 9.17) is 9.47 Å². The lowest BCUT2D eigenvalue weighted by Gasteiger charge is -2.56. The molecule has 4 aliphatic rings. The Balaban J connectivity index is 1.71. The third-order valence-corrected chi connectivity index (χ3v) is 8.35. The van der Waals surface area contributed by atoms with Crippen molar-refractivity contribution in [2.45, 2.75) is 50.3 Å². The third-order valence-electron chi connectivity index (χ3n) is 8.35. The van der Waals surface area contributed by atoms with Crippen molar-refractivity contribution in [1.82, 2.24) is 4.90 Å².